The van der Waals surface area contributed by atoms with Crippen molar-refractivity contribution in [2.24, 2.45) is 0 Å². The molecular weight excluding hydrogens is 410 g/mol. The first kappa shape index (κ1) is 21.2. The van der Waals surface area contributed by atoms with E-state index in [1.54, 1.807) is 23.6 Å². The molecule has 0 aliphatic heterocycles. The number of sulfonamides is 1. The maximum absolute atomic E-state index is 12.2. The Morgan fingerprint density at radius 3 is 2.85 bits per heavy atom. The fourth-order valence-electron chi connectivity index (χ4n) is 1.91. The zero-order valence-corrected chi connectivity index (χ0v) is 17.0. The molecule has 2 heterocycles. The number of esters is 1. The number of thiophene rings is 1. The van der Waals surface area contributed by atoms with Crippen LogP contribution in [0.5, 0.6) is 0 Å². The highest BCUT2D eigenvalue weighted by Gasteiger charge is 2.16. The molecule has 0 saturated carbocycles. The molecule has 0 saturated heterocycles. The Bertz CT molecular complexity index is 917. The molecule has 2 N–H and O–H groups in total. The van der Waals surface area contributed by atoms with Gasteiger partial charge < -0.3 is 10.1 Å². The second-order valence-electron chi connectivity index (χ2n) is 5.39. The lowest BCUT2D eigenvalue weighted by Gasteiger charge is -2.01. The number of rotatable bonds is 11. The molecule has 0 bridgehead atoms. The predicted octanol–water partition coefficient (Wildman–Crippen LogP) is 1.93. The van der Waals surface area contributed by atoms with Gasteiger partial charge in [0.2, 0.25) is 15.8 Å². The van der Waals surface area contributed by atoms with E-state index in [1.165, 1.54) is 22.7 Å². The third kappa shape index (κ3) is 7.21. The Balaban J connectivity index is 1.82. The average molecular weight is 430 g/mol. The molecule has 0 aromatic carbocycles. The second kappa shape index (κ2) is 9.74. The van der Waals surface area contributed by atoms with E-state index >= 15 is 0 Å². The molecule has 0 unspecified atom stereocenters. The number of anilines is 1. The van der Waals surface area contributed by atoms with E-state index in [9.17, 15) is 18.0 Å². The van der Waals surface area contributed by atoms with Crippen LogP contribution in [0.4, 0.5) is 5.13 Å². The molecule has 2 aromatic heterocycles. The summed E-state index contributed by atoms with van der Waals surface area (Å²) in [5.41, 5.74) is 0.137. The Labute approximate surface area is 165 Å². The van der Waals surface area contributed by atoms with Crippen LogP contribution in [-0.4, -0.2) is 51.1 Å². The lowest BCUT2D eigenvalue weighted by Crippen LogP contribution is -2.24. The molecule has 0 aliphatic carbocycles. The van der Waals surface area contributed by atoms with E-state index < -0.39 is 16.0 Å². The van der Waals surface area contributed by atoms with Gasteiger partial charge in [-0.15, -0.1) is 29.3 Å². The zero-order chi connectivity index (χ0) is 19.9. The molecule has 0 aliphatic rings. The van der Waals surface area contributed by atoms with Crippen LogP contribution in [0.3, 0.4) is 0 Å². The lowest BCUT2D eigenvalue weighted by molar-refractivity contribution is 0.0471. The molecule has 0 atom stereocenters. The molecule has 11 heteroatoms. The number of hydrogen-bond donors (Lipinski definition) is 2. The van der Waals surface area contributed by atoms with Crippen LogP contribution in [0.25, 0.3) is 0 Å². The van der Waals surface area contributed by atoms with E-state index in [0.29, 0.717) is 23.0 Å². The Kier molecular flexibility index (Phi) is 7.66. The number of nitrogens with one attached hydrogen (secondary N) is 2. The third-order valence-electron chi connectivity index (χ3n) is 3.12. The fraction of sp³-hybridized carbons (Fsp3) is 0.312. The summed E-state index contributed by atoms with van der Waals surface area (Å²) in [7, 11) is -3.24. The highest BCUT2D eigenvalue weighted by molar-refractivity contribution is 7.88. The molecule has 27 heavy (non-hydrogen) atoms. The van der Waals surface area contributed by atoms with Crippen LogP contribution in [0.15, 0.2) is 30.2 Å². The number of thiazole rings is 1. The average Bonchev–Trinajstić information content (AvgIpc) is 3.26. The lowest BCUT2D eigenvalue weighted by atomic mass is 10.3. The van der Waals surface area contributed by atoms with Crippen molar-refractivity contribution in [1.82, 2.24) is 9.71 Å². The molecule has 0 fully saturated rings. The molecule has 146 valence electrons. The summed E-state index contributed by atoms with van der Waals surface area (Å²) in [6.45, 7) is 3.99. The summed E-state index contributed by atoms with van der Waals surface area (Å²) in [5, 5.41) is 5.08. The third-order valence-corrected chi connectivity index (χ3v) is 5.83. The van der Waals surface area contributed by atoms with Gasteiger partial charge in [0.25, 0.3) is 0 Å². The van der Waals surface area contributed by atoms with Crippen LogP contribution < -0.4 is 10.0 Å². The maximum atomic E-state index is 12.2. The number of ketones is 1. The summed E-state index contributed by atoms with van der Waals surface area (Å²) < 4.78 is 29.5. The first-order valence-electron chi connectivity index (χ1n) is 7.82. The van der Waals surface area contributed by atoms with Crippen molar-refractivity contribution in [3.05, 3.63) is 45.6 Å². The minimum atomic E-state index is -3.24. The summed E-state index contributed by atoms with van der Waals surface area (Å²) >= 11 is 2.50. The predicted molar refractivity (Wildman–Crippen MR) is 106 cm³/mol. The second-order valence-corrected chi connectivity index (χ2v) is 9.25. The van der Waals surface area contributed by atoms with Gasteiger partial charge in [0.05, 0.1) is 11.1 Å². The maximum Gasteiger partial charge on any atom is 0.358 e. The van der Waals surface area contributed by atoms with Gasteiger partial charge in [-0.2, -0.15) is 0 Å². The number of carbonyl (C=O) groups excluding carboxylic acids is 2. The Hall–Kier alpha value is -2.08. The van der Waals surface area contributed by atoms with E-state index in [2.05, 4.69) is 21.6 Å². The van der Waals surface area contributed by atoms with Gasteiger partial charge in [-0.3, -0.25) is 4.79 Å². The molecule has 2 rings (SSSR count). The van der Waals surface area contributed by atoms with E-state index in [4.69, 9.17) is 4.74 Å². The van der Waals surface area contributed by atoms with Gasteiger partial charge in [0.15, 0.2) is 17.4 Å². The highest BCUT2D eigenvalue weighted by atomic mass is 32.2. The topological polar surface area (TPSA) is 114 Å². The number of ether oxygens (including phenoxy) is 1. The minimum absolute atomic E-state index is 0.137. The summed E-state index contributed by atoms with van der Waals surface area (Å²) in [5.74, 6) is -0.990. The van der Waals surface area contributed by atoms with Crippen molar-refractivity contribution in [2.75, 3.05) is 31.3 Å². The quantitative estimate of drug-likeness (QED) is 0.319. The first-order valence-corrected chi connectivity index (χ1v) is 11.4. The van der Waals surface area contributed by atoms with Gasteiger partial charge in [0, 0.05) is 23.3 Å². The fourth-order valence-corrected chi connectivity index (χ4v) is 4.00. The zero-order valence-electron chi connectivity index (χ0n) is 14.6. The van der Waals surface area contributed by atoms with Crippen LogP contribution >= 0.6 is 22.7 Å². The normalized spacial score (nSPS) is 11.1. The van der Waals surface area contributed by atoms with Crippen LogP contribution in [0, 0.1) is 0 Å². The Morgan fingerprint density at radius 2 is 2.15 bits per heavy atom. The van der Waals surface area contributed by atoms with Crippen molar-refractivity contribution in [3.63, 3.8) is 0 Å². The number of Topliss-reactive ketones (excluding diaryl/α,β-unsaturated/α-hetero) is 1. The molecule has 2 aromatic rings. The van der Waals surface area contributed by atoms with Crippen molar-refractivity contribution in [1.29, 1.82) is 0 Å². The highest BCUT2D eigenvalue weighted by Crippen LogP contribution is 2.19. The number of hydrogen-bond acceptors (Lipinski definition) is 9. The van der Waals surface area contributed by atoms with Gasteiger partial charge in [-0.05, 0) is 18.6 Å². The SMILES string of the molecule is C=CCNc1nc(C(=O)OCC(=O)c2ccc(CCNS(C)(=O)=O)s2)cs1. The van der Waals surface area contributed by atoms with Crippen LogP contribution in [-0.2, 0) is 21.2 Å². The van der Waals surface area contributed by atoms with Gasteiger partial charge in [-0.1, -0.05) is 6.08 Å². The molecule has 0 radical (unpaired) electrons. The summed E-state index contributed by atoms with van der Waals surface area (Å²) in [4.78, 5) is 29.5. The number of carbonyl (C=O) groups is 2. The molecule has 0 spiro atoms. The van der Waals surface area contributed by atoms with Crippen molar-refractivity contribution >= 4 is 49.6 Å². The van der Waals surface area contributed by atoms with E-state index in [1.807, 2.05) is 0 Å². The van der Waals surface area contributed by atoms with Crippen LogP contribution in [0.2, 0.25) is 0 Å². The summed E-state index contributed by atoms with van der Waals surface area (Å²) in [6, 6.07) is 3.39. The van der Waals surface area contributed by atoms with Gasteiger partial charge in [-0.25, -0.2) is 22.9 Å². The molecule has 0 amide bonds. The largest absolute Gasteiger partial charge is 0.453 e. The molecular formula is C16H19N3O5S3. The Morgan fingerprint density at radius 1 is 1.37 bits per heavy atom. The smallest absolute Gasteiger partial charge is 0.358 e. The van der Waals surface area contributed by atoms with Crippen molar-refractivity contribution in [3.8, 4) is 0 Å². The number of nitrogens with zero attached hydrogens (tertiary/aromatic N) is 1. The van der Waals surface area contributed by atoms with Gasteiger partial charge >= 0.3 is 5.97 Å². The van der Waals surface area contributed by atoms with E-state index in [0.717, 1.165) is 11.1 Å². The monoisotopic (exact) mass is 429 g/mol. The number of aromatic nitrogens is 1. The molecule has 8 nitrogen and oxygen atoms in total. The van der Waals surface area contributed by atoms with Crippen LogP contribution in [0.1, 0.15) is 25.0 Å². The van der Waals surface area contributed by atoms with Crippen molar-refractivity contribution in [2.45, 2.75) is 6.42 Å². The summed E-state index contributed by atoms with van der Waals surface area (Å²) in [6.07, 6.45) is 3.24. The first-order chi connectivity index (χ1) is 12.8. The minimum Gasteiger partial charge on any atom is -0.453 e. The van der Waals surface area contributed by atoms with Gasteiger partial charge in [0.1, 0.15) is 0 Å². The standard InChI is InChI=1S/C16H19N3O5S3/c1-3-7-17-16-19-12(10-25-16)15(21)24-9-13(20)14-5-4-11(26-14)6-8-18-27(2,22)23/h3-5,10,18H,1,6-9H2,2H3,(H,17,19). The van der Waals surface area contributed by atoms with E-state index in [-0.39, 0.29) is 24.6 Å². The van der Waals surface area contributed by atoms with Crippen molar-refractivity contribution < 1.29 is 22.7 Å².